The highest BCUT2D eigenvalue weighted by Crippen LogP contribution is 2.15. The van der Waals surface area contributed by atoms with Crippen molar-refractivity contribution in [3.8, 4) is 0 Å². The van der Waals surface area contributed by atoms with E-state index in [-0.39, 0.29) is 19.3 Å². The minimum Gasteiger partial charge on any atom is -0.497 e. The molecule has 0 unspecified atom stereocenters. The molecular formula is C16H24O6. The molecule has 0 aliphatic carbocycles. The number of methoxy groups -OCH3 is 2. The van der Waals surface area contributed by atoms with Crippen molar-refractivity contribution in [1.82, 2.24) is 0 Å². The average molecular weight is 312 g/mol. The Labute approximate surface area is 131 Å². The highest BCUT2D eigenvalue weighted by molar-refractivity contribution is 5.72. The van der Waals surface area contributed by atoms with Crippen molar-refractivity contribution in [2.24, 2.45) is 0 Å². The van der Waals surface area contributed by atoms with Crippen LogP contribution in [0, 0.1) is 0 Å². The first-order valence-corrected chi connectivity index (χ1v) is 6.81. The van der Waals surface area contributed by atoms with Crippen LogP contribution in [0.1, 0.15) is 33.1 Å². The summed E-state index contributed by atoms with van der Waals surface area (Å²) >= 11 is 0. The predicted molar refractivity (Wildman–Crippen MR) is 82.0 cm³/mol. The van der Waals surface area contributed by atoms with E-state index in [9.17, 15) is 9.59 Å². The first-order valence-electron chi connectivity index (χ1n) is 6.81. The minimum atomic E-state index is -0.930. The number of hydrogen-bond donors (Lipinski definition) is 1. The van der Waals surface area contributed by atoms with Gasteiger partial charge in [-0.25, -0.2) is 0 Å². The van der Waals surface area contributed by atoms with Crippen molar-refractivity contribution in [2.45, 2.75) is 38.7 Å². The molecule has 22 heavy (non-hydrogen) atoms. The monoisotopic (exact) mass is 312 g/mol. The van der Waals surface area contributed by atoms with Gasteiger partial charge in [-0.1, -0.05) is 6.58 Å². The molecule has 0 saturated carbocycles. The Bertz CT molecular complexity index is 459. The Hall–Kier alpha value is -2.24. The number of carboxylic acids is 1. The van der Waals surface area contributed by atoms with Gasteiger partial charge in [0.15, 0.2) is 0 Å². The van der Waals surface area contributed by atoms with Crippen LogP contribution >= 0.6 is 0 Å². The van der Waals surface area contributed by atoms with Gasteiger partial charge in [0.1, 0.15) is 17.1 Å². The normalized spacial score (nSPS) is 12.1. The third kappa shape index (κ3) is 9.63. The van der Waals surface area contributed by atoms with Gasteiger partial charge in [-0.15, -0.1) is 0 Å². The van der Waals surface area contributed by atoms with E-state index in [2.05, 4.69) is 6.58 Å². The summed E-state index contributed by atoms with van der Waals surface area (Å²) in [5.41, 5.74) is -0.841. The zero-order chi connectivity index (χ0) is 17.2. The molecule has 0 radical (unpaired) electrons. The van der Waals surface area contributed by atoms with Gasteiger partial charge in [-0.2, -0.15) is 0 Å². The number of hydrogen-bond acceptors (Lipinski definition) is 5. The van der Waals surface area contributed by atoms with Gasteiger partial charge in [0.05, 0.1) is 14.2 Å². The molecule has 0 aliphatic heterocycles. The Morgan fingerprint density at radius 3 is 2.32 bits per heavy atom. The summed E-state index contributed by atoms with van der Waals surface area (Å²) in [4.78, 5) is 22.0. The van der Waals surface area contributed by atoms with E-state index in [1.54, 1.807) is 32.1 Å². The highest BCUT2D eigenvalue weighted by Gasteiger charge is 2.19. The van der Waals surface area contributed by atoms with Crippen LogP contribution in [0.15, 0.2) is 36.3 Å². The van der Waals surface area contributed by atoms with Crippen LogP contribution in [-0.2, 0) is 23.8 Å². The molecule has 124 valence electrons. The summed E-state index contributed by atoms with van der Waals surface area (Å²) in [6.07, 6.45) is 5.18. The summed E-state index contributed by atoms with van der Waals surface area (Å²) in [5.74, 6) is -0.438. The van der Waals surface area contributed by atoms with E-state index in [0.29, 0.717) is 11.5 Å². The van der Waals surface area contributed by atoms with Crippen LogP contribution < -0.4 is 0 Å². The van der Waals surface area contributed by atoms with E-state index in [1.807, 2.05) is 0 Å². The van der Waals surface area contributed by atoms with Crippen molar-refractivity contribution in [3.63, 3.8) is 0 Å². The Morgan fingerprint density at radius 2 is 1.82 bits per heavy atom. The molecule has 0 aliphatic rings. The number of carbonyl (C=O) groups excluding carboxylic acids is 1. The van der Waals surface area contributed by atoms with Gasteiger partial charge in [0.25, 0.3) is 0 Å². The van der Waals surface area contributed by atoms with Crippen LogP contribution in [0.4, 0.5) is 0 Å². The lowest BCUT2D eigenvalue weighted by molar-refractivity contribution is -0.152. The summed E-state index contributed by atoms with van der Waals surface area (Å²) in [6, 6.07) is 0. The summed E-state index contributed by atoms with van der Waals surface area (Å²) < 4.78 is 15.4. The maximum absolute atomic E-state index is 11.6. The van der Waals surface area contributed by atoms with E-state index in [1.165, 1.54) is 14.2 Å². The third-order valence-corrected chi connectivity index (χ3v) is 2.60. The predicted octanol–water partition coefficient (Wildman–Crippen LogP) is 2.81. The van der Waals surface area contributed by atoms with Crippen molar-refractivity contribution in [3.05, 3.63) is 36.3 Å². The van der Waals surface area contributed by atoms with E-state index in [0.717, 1.165) is 0 Å². The zero-order valence-corrected chi connectivity index (χ0v) is 13.5. The summed E-state index contributed by atoms with van der Waals surface area (Å²) in [7, 11) is 3.00. The van der Waals surface area contributed by atoms with Gasteiger partial charge in [-0.3, -0.25) is 9.59 Å². The second-order valence-corrected chi connectivity index (χ2v) is 5.08. The van der Waals surface area contributed by atoms with Gasteiger partial charge in [0, 0.05) is 18.9 Å². The van der Waals surface area contributed by atoms with Crippen LogP contribution in [0.5, 0.6) is 0 Å². The molecule has 0 aromatic carbocycles. The number of aliphatic carboxylic acids is 1. The fraction of sp³-hybridized carbons (Fsp3) is 0.500. The minimum absolute atomic E-state index is 0.0545. The maximum Gasteiger partial charge on any atom is 0.306 e. The molecule has 6 nitrogen and oxygen atoms in total. The number of ether oxygens (including phenoxy) is 3. The quantitative estimate of drug-likeness (QED) is 0.379. The largest absolute Gasteiger partial charge is 0.497 e. The first-order chi connectivity index (χ1) is 10.2. The average Bonchev–Trinajstić information content (AvgIpc) is 2.42. The molecule has 0 bridgehead atoms. The molecular weight excluding hydrogens is 288 g/mol. The molecule has 1 N–H and O–H groups in total. The zero-order valence-electron chi connectivity index (χ0n) is 13.5. The number of rotatable bonds is 10. The number of carbonyl (C=O) groups is 2. The summed E-state index contributed by atoms with van der Waals surface area (Å²) in [5, 5.41) is 8.52. The number of esters is 1. The molecule has 6 heteroatoms. The van der Waals surface area contributed by atoms with Crippen molar-refractivity contribution >= 4 is 11.9 Å². The van der Waals surface area contributed by atoms with Crippen molar-refractivity contribution in [1.29, 1.82) is 0 Å². The first kappa shape index (κ1) is 19.8. The van der Waals surface area contributed by atoms with Crippen LogP contribution in [0.3, 0.4) is 0 Å². The van der Waals surface area contributed by atoms with E-state index < -0.39 is 17.5 Å². The SMILES string of the molecule is C=C(C=C(C=CC(C)(C)OC(=O)CCCC(=O)O)OC)OC. The standard InChI is InChI=1S/C16H24O6/c1-12(20-4)11-13(21-5)9-10-16(2,3)22-15(19)8-6-7-14(17)18/h9-11H,1,6-8H2,2-5H3,(H,17,18). The third-order valence-electron chi connectivity index (χ3n) is 2.60. The maximum atomic E-state index is 11.6. The molecule has 0 fully saturated rings. The molecule has 0 saturated heterocycles. The van der Waals surface area contributed by atoms with E-state index in [4.69, 9.17) is 19.3 Å². The summed E-state index contributed by atoms with van der Waals surface area (Å²) in [6.45, 7) is 7.09. The van der Waals surface area contributed by atoms with Crippen molar-refractivity contribution in [2.75, 3.05) is 14.2 Å². The topological polar surface area (TPSA) is 82.1 Å². The highest BCUT2D eigenvalue weighted by atomic mass is 16.6. The van der Waals surface area contributed by atoms with Gasteiger partial charge in [-0.05, 0) is 32.4 Å². The van der Waals surface area contributed by atoms with Crippen LogP contribution in [-0.4, -0.2) is 36.9 Å². The lowest BCUT2D eigenvalue weighted by Crippen LogP contribution is -2.25. The molecule has 0 aromatic rings. The smallest absolute Gasteiger partial charge is 0.306 e. The molecule has 0 heterocycles. The fourth-order valence-corrected chi connectivity index (χ4v) is 1.44. The fourth-order valence-electron chi connectivity index (χ4n) is 1.44. The Kier molecular flexibility index (Phi) is 8.67. The second kappa shape index (κ2) is 9.65. The molecule has 0 aromatic heterocycles. The van der Waals surface area contributed by atoms with E-state index >= 15 is 0 Å². The lowest BCUT2D eigenvalue weighted by atomic mass is 10.1. The molecule has 0 amide bonds. The van der Waals surface area contributed by atoms with Gasteiger partial charge < -0.3 is 19.3 Å². The van der Waals surface area contributed by atoms with Crippen LogP contribution in [0.2, 0.25) is 0 Å². The van der Waals surface area contributed by atoms with Crippen LogP contribution in [0.25, 0.3) is 0 Å². The second-order valence-electron chi connectivity index (χ2n) is 5.08. The van der Waals surface area contributed by atoms with Gasteiger partial charge >= 0.3 is 11.9 Å². The van der Waals surface area contributed by atoms with Gasteiger partial charge in [0.2, 0.25) is 0 Å². The molecule has 0 rings (SSSR count). The Balaban J connectivity index is 4.57. The Morgan fingerprint density at radius 1 is 1.18 bits per heavy atom. The number of allylic oxidation sites excluding steroid dienone is 2. The number of carboxylic acid groups (broad SMARTS) is 1. The molecule has 0 atom stereocenters. The lowest BCUT2D eigenvalue weighted by Gasteiger charge is -2.21. The molecule has 0 spiro atoms. The van der Waals surface area contributed by atoms with Crippen molar-refractivity contribution < 1.29 is 28.9 Å².